The van der Waals surface area contributed by atoms with E-state index in [9.17, 15) is 0 Å². The van der Waals surface area contributed by atoms with Crippen molar-refractivity contribution in [2.24, 2.45) is 11.7 Å². The summed E-state index contributed by atoms with van der Waals surface area (Å²) >= 11 is 0. The molecular weight excluding hydrogens is 194 g/mol. The number of methoxy groups -OCH3 is 1. The average Bonchev–Trinajstić information content (AvgIpc) is 2.19. The molecule has 0 bridgehead atoms. The van der Waals surface area contributed by atoms with Gasteiger partial charge >= 0.3 is 0 Å². The monoisotopic (exact) mass is 219 g/mol. The van der Waals surface area contributed by atoms with Gasteiger partial charge in [0.05, 0.1) is 10.2 Å². The van der Waals surface area contributed by atoms with Crippen LogP contribution in [-0.2, 0) is 4.74 Å². The van der Waals surface area contributed by atoms with Crippen molar-refractivity contribution in [2.75, 3.05) is 7.04 Å². The van der Waals surface area contributed by atoms with Crippen LogP contribution in [0.3, 0.4) is 0 Å². The van der Waals surface area contributed by atoms with E-state index < -0.39 is 33.4 Å². The largest absolute Gasteiger partial charge is 0.368 e. The van der Waals surface area contributed by atoms with Crippen molar-refractivity contribution >= 4 is 8.07 Å². The summed E-state index contributed by atoms with van der Waals surface area (Å²) in [5.41, 5.74) is 8.94. The molecule has 3 atom stereocenters. The summed E-state index contributed by atoms with van der Waals surface area (Å²) in [7, 11) is -4.16. The molecule has 0 aliphatic rings. The molecule has 0 aromatic heterocycles. The first-order valence-corrected chi connectivity index (χ1v) is 8.04. The lowest BCUT2D eigenvalue weighted by Crippen LogP contribution is -2.36. The molecule has 0 aromatic carbocycles. The quantitative estimate of drug-likeness (QED) is 0.418. The van der Waals surface area contributed by atoms with Gasteiger partial charge < -0.3 is 15.6 Å². The zero-order valence-corrected chi connectivity index (χ0v) is 10.1. The van der Waals surface area contributed by atoms with Gasteiger partial charge in [-0.15, -0.1) is 5.54 Å². The molecule has 0 radical (unpaired) electrons. The molecule has 82 valence electrons. The summed E-state index contributed by atoms with van der Waals surface area (Å²) in [4.78, 5) is 0. The van der Waals surface area contributed by atoms with E-state index in [-0.39, 0.29) is 0 Å². The molecule has 0 saturated heterocycles. The third kappa shape index (κ3) is 5.40. The minimum atomic E-state index is -2.62. The van der Waals surface area contributed by atoms with Crippen molar-refractivity contribution < 1.29 is 14.0 Å². The predicted octanol–water partition coefficient (Wildman–Crippen LogP) is 0.795. The Labute approximate surface area is 93.4 Å². The van der Waals surface area contributed by atoms with Gasteiger partial charge in [-0.1, -0.05) is 32.5 Å². The van der Waals surface area contributed by atoms with Gasteiger partial charge in [0.25, 0.3) is 0 Å². The SMILES string of the molecule is [2H]OC(OC([2H])([2H])[2H])C(C)C(N)C#C[Si](C)(C)C. The number of nitrogens with two attached hydrogens (primary N) is 1. The molecule has 0 rings (SSSR count). The van der Waals surface area contributed by atoms with Gasteiger partial charge in [-0.05, 0) is 0 Å². The van der Waals surface area contributed by atoms with E-state index in [1.807, 2.05) is 0 Å². The lowest BCUT2D eigenvalue weighted by Gasteiger charge is -2.20. The number of aliphatic hydroxyl groups excluding tert-OH is 1. The Morgan fingerprint density at radius 2 is 2.21 bits per heavy atom. The number of aliphatic hydroxyl groups is 1. The molecular formula is C10H21NO2Si. The van der Waals surface area contributed by atoms with Crippen LogP contribution in [-0.4, -0.2) is 34.0 Å². The van der Waals surface area contributed by atoms with Gasteiger partial charge in [0, 0.05) is 13.0 Å². The minimum absolute atomic E-state index is 0.508. The molecule has 0 amide bonds. The number of hydrogen-bond acceptors (Lipinski definition) is 3. The molecule has 4 heteroatoms. The zero-order chi connectivity index (χ0) is 14.6. The van der Waals surface area contributed by atoms with Crippen molar-refractivity contribution in [2.45, 2.75) is 38.9 Å². The highest BCUT2D eigenvalue weighted by molar-refractivity contribution is 6.83. The number of ether oxygens (including phenoxy) is 1. The van der Waals surface area contributed by atoms with E-state index in [1.54, 1.807) is 6.92 Å². The maximum absolute atomic E-state index is 6.98. The summed E-state index contributed by atoms with van der Waals surface area (Å²) in [6.45, 7) is 7.88. The Hall–Kier alpha value is -0.343. The van der Waals surface area contributed by atoms with Gasteiger partial charge in [0.1, 0.15) is 8.07 Å². The van der Waals surface area contributed by atoms with E-state index in [4.69, 9.17) is 11.3 Å². The molecule has 0 fully saturated rings. The van der Waals surface area contributed by atoms with Crippen LogP contribution in [0.4, 0.5) is 0 Å². The molecule has 3 nitrogen and oxygen atoms in total. The number of rotatable bonds is 4. The van der Waals surface area contributed by atoms with Gasteiger partial charge in [-0.3, -0.25) is 0 Å². The fourth-order valence-electron chi connectivity index (χ4n) is 0.708. The zero-order valence-electron chi connectivity index (χ0n) is 13.1. The van der Waals surface area contributed by atoms with E-state index in [1.165, 1.54) is 0 Å². The van der Waals surface area contributed by atoms with Crippen molar-refractivity contribution in [3.05, 3.63) is 0 Å². The smallest absolute Gasteiger partial charge is 0.213 e. The van der Waals surface area contributed by atoms with Crippen molar-refractivity contribution in [1.29, 1.82) is 1.43 Å². The van der Waals surface area contributed by atoms with Crippen LogP contribution in [0.2, 0.25) is 19.6 Å². The molecule has 0 spiro atoms. The topological polar surface area (TPSA) is 55.5 Å². The number of hydrogen-bond donors (Lipinski definition) is 2. The fourth-order valence-corrected chi connectivity index (χ4v) is 1.31. The lowest BCUT2D eigenvalue weighted by molar-refractivity contribution is -0.109. The van der Waals surface area contributed by atoms with Crippen LogP contribution in [0.15, 0.2) is 0 Å². The van der Waals surface area contributed by atoms with E-state index in [0.717, 1.165) is 0 Å². The van der Waals surface area contributed by atoms with Crippen LogP contribution in [0.5, 0.6) is 0 Å². The highest BCUT2D eigenvalue weighted by Gasteiger charge is 2.19. The van der Waals surface area contributed by atoms with Crippen LogP contribution in [0, 0.1) is 17.4 Å². The van der Waals surface area contributed by atoms with Gasteiger partial charge in [0.2, 0.25) is 1.43 Å². The highest BCUT2D eigenvalue weighted by atomic mass is 28.3. The second-order valence-corrected chi connectivity index (χ2v) is 9.14. The predicted molar refractivity (Wildman–Crippen MR) is 61.3 cm³/mol. The molecule has 0 aromatic rings. The Kier molecular flexibility index (Phi) is 3.11. The van der Waals surface area contributed by atoms with Crippen LogP contribution in [0.25, 0.3) is 0 Å². The van der Waals surface area contributed by atoms with E-state index in [0.29, 0.717) is 0 Å². The molecule has 0 aliphatic carbocycles. The Balaban J connectivity index is 4.68. The van der Waals surface area contributed by atoms with Crippen molar-refractivity contribution in [3.63, 3.8) is 0 Å². The summed E-state index contributed by atoms with van der Waals surface area (Å²) in [6.07, 6.45) is -1.22. The lowest BCUT2D eigenvalue weighted by atomic mass is 10.0. The second kappa shape index (κ2) is 5.52. The molecule has 3 N–H and O–H groups in total. The maximum atomic E-state index is 6.98. The second-order valence-electron chi connectivity index (χ2n) is 4.39. The maximum Gasteiger partial charge on any atom is 0.213 e. The summed E-state index contributed by atoms with van der Waals surface area (Å²) in [6, 6.07) is -0.588. The van der Waals surface area contributed by atoms with Gasteiger partial charge in [0.15, 0.2) is 6.29 Å². The fraction of sp³-hybridized carbons (Fsp3) is 0.800. The van der Waals surface area contributed by atoms with Crippen molar-refractivity contribution in [3.8, 4) is 11.5 Å². The van der Waals surface area contributed by atoms with Crippen LogP contribution < -0.4 is 5.73 Å². The molecule has 3 unspecified atom stereocenters. The average molecular weight is 219 g/mol. The first-order valence-electron chi connectivity index (χ1n) is 6.45. The third-order valence-corrected chi connectivity index (χ3v) is 2.62. The van der Waals surface area contributed by atoms with Crippen LogP contribution >= 0.6 is 0 Å². The molecule has 0 aliphatic heterocycles. The van der Waals surface area contributed by atoms with Gasteiger partial charge in [-0.2, -0.15) is 0 Å². The molecule has 14 heavy (non-hydrogen) atoms. The molecule has 0 heterocycles. The summed E-state index contributed by atoms with van der Waals surface area (Å²) in [5.74, 6) is 2.38. The standard InChI is InChI=1S/C10H21NO2Si/c1-8(10(12)13-2)9(11)6-7-14(3,4)5/h8-10,12H,11H2,1-5H3/i2D3,12D. The summed E-state index contributed by atoms with van der Waals surface area (Å²) in [5, 5.41) is 4.27. The third-order valence-electron chi connectivity index (χ3n) is 1.73. The van der Waals surface area contributed by atoms with Gasteiger partial charge in [-0.25, -0.2) is 0 Å². The van der Waals surface area contributed by atoms with Crippen LogP contribution in [0.1, 0.15) is 11.0 Å². The first-order chi connectivity index (χ1) is 7.96. The Bertz CT molecular complexity index is 319. The Morgan fingerprint density at radius 3 is 2.64 bits per heavy atom. The molecule has 0 saturated carbocycles. The normalized spacial score (nSPS) is 22.9. The Morgan fingerprint density at radius 1 is 1.57 bits per heavy atom. The van der Waals surface area contributed by atoms with E-state index >= 15 is 0 Å². The van der Waals surface area contributed by atoms with E-state index in [2.05, 4.69) is 41.0 Å². The first kappa shape index (κ1) is 7.89. The minimum Gasteiger partial charge on any atom is -0.368 e. The highest BCUT2D eigenvalue weighted by Crippen LogP contribution is 2.07. The summed E-state index contributed by atoms with van der Waals surface area (Å²) < 4.78 is 32.4. The van der Waals surface area contributed by atoms with Crippen molar-refractivity contribution in [1.82, 2.24) is 0 Å².